The van der Waals surface area contributed by atoms with Crippen molar-refractivity contribution >= 4 is 58.9 Å². The number of benzene rings is 2. The number of anilines is 2. The molecule has 0 aromatic heterocycles. The number of nitrogens with zero attached hydrogens (tertiary/aromatic N) is 2. The van der Waals surface area contributed by atoms with Gasteiger partial charge in [-0.25, -0.2) is 14.4 Å². The number of carbonyl (C=O) groups excluding carboxylic acids is 8. The van der Waals surface area contributed by atoms with Crippen molar-refractivity contribution in [3.8, 4) is 0 Å². The Bertz CT molecular complexity index is 2180. The highest BCUT2D eigenvalue weighted by Gasteiger charge is 2.34. The van der Waals surface area contributed by atoms with Gasteiger partial charge < -0.3 is 51.5 Å². The average Bonchev–Trinajstić information content (AvgIpc) is 3.73. The van der Waals surface area contributed by atoms with Crippen molar-refractivity contribution in [2.45, 2.75) is 218 Å². The van der Waals surface area contributed by atoms with Gasteiger partial charge in [0.1, 0.15) is 17.0 Å². The number of imide groups is 1. The largest absolute Gasteiger partial charge is 0.444 e. The van der Waals surface area contributed by atoms with Gasteiger partial charge in [-0.2, -0.15) is 0 Å². The van der Waals surface area contributed by atoms with E-state index in [1.807, 2.05) is 76.2 Å². The van der Waals surface area contributed by atoms with Gasteiger partial charge >= 0.3 is 18.2 Å². The quantitative estimate of drug-likeness (QED) is 0.0341. The van der Waals surface area contributed by atoms with E-state index in [0.29, 0.717) is 80.1 Å². The van der Waals surface area contributed by atoms with Gasteiger partial charge in [0.25, 0.3) is 11.8 Å². The van der Waals surface area contributed by atoms with Gasteiger partial charge in [0.05, 0.1) is 25.2 Å². The molecule has 6 amide bonds. The maximum absolute atomic E-state index is 12.9. The first kappa shape index (κ1) is 75.0. The molecule has 1 saturated heterocycles. The number of hydrogen-bond acceptors (Lipinski definition) is 15. The van der Waals surface area contributed by atoms with Gasteiger partial charge in [-0.15, -0.1) is 5.06 Å². The Kier molecular flexibility index (Phi) is 35.8. The number of amides is 6. The van der Waals surface area contributed by atoms with Crippen molar-refractivity contribution in [2.75, 3.05) is 30.3 Å². The zero-order valence-corrected chi connectivity index (χ0v) is 52.0. The molecule has 4 atom stereocenters. The maximum atomic E-state index is 12.9. The molecule has 2 aromatic carbocycles. The molecule has 0 spiro atoms. The third-order valence-electron chi connectivity index (χ3n) is 13.0. The molecule has 1 fully saturated rings. The minimum absolute atomic E-state index is 0.0366. The van der Waals surface area contributed by atoms with Crippen molar-refractivity contribution in [2.24, 2.45) is 35.3 Å². The smallest absolute Gasteiger partial charge is 0.407 e. The van der Waals surface area contributed by atoms with Gasteiger partial charge in [-0.05, 0) is 155 Å². The third kappa shape index (κ3) is 33.5. The third-order valence-corrected chi connectivity index (χ3v) is 13.0. The first-order valence-electron chi connectivity index (χ1n) is 28.7. The van der Waals surface area contributed by atoms with E-state index in [-0.39, 0.29) is 73.7 Å². The van der Waals surface area contributed by atoms with Crippen molar-refractivity contribution in [3.63, 3.8) is 0 Å². The number of Topliss-reactive ketones (excluding diaryl/α,β-unsaturated/α-hetero) is 1. The molecule has 1 heterocycles. The maximum Gasteiger partial charge on any atom is 0.407 e. The SMILES string of the molecule is CC(C)(C)OC(=O)NCCCC[C@H](N)C(=O)Nc1ccc(CO)cc1.CC(C)[C@H](C)C(=O)C[C@@H](CCCCNC(=O)OC(C)(C)C)C(=O)Nc1ccc(CO)cc1.CC(C)[C@H](C)C(=O)ON1C(=O)CCC1=O.CCN(C(C)C)C(C)C. The van der Waals surface area contributed by atoms with Crippen molar-refractivity contribution < 1.29 is 62.9 Å². The summed E-state index contributed by atoms with van der Waals surface area (Å²) >= 11 is 0. The number of rotatable bonds is 26. The van der Waals surface area contributed by atoms with Crippen LogP contribution in [0.1, 0.15) is 187 Å². The van der Waals surface area contributed by atoms with Crippen LogP contribution in [0.4, 0.5) is 21.0 Å². The predicted octanol–water partition coefficient (Wildman–Crippen LogP) is 9.83. The van der Waals surface area contributed by atoms with Gasteiger partial charge in [-0.1, -0.05) is 79.2 Å². The minimum atomic E-state index is -0.612. The van der Waals surface area contributed by atoms with Crippen LogP contribution in [0.15, 0.2) is 48.5 Å². The number of aliphatic hydroxyl groups is 2. The molecule has 1 aliphatic heterocycles. The Morgan fingerprint density at radius 3 is 1.35 bits per heavy atom. The second-order valence-corrected chi connectivity index (χ2v) is 23.6. The lowest BCUT2D eigenvalue weighted by molar-refractivity contribution is -0.201. The van der Waals surface area contributed by atoms with E-state index in [0.717, 1.165) is 17.7 Å². The fraction of sp³-hybridized carbons (Fsp3) is 0.672. The van der Waals surface area contributed by atoms with Gasteiger partial charge in [-0.3, -0.25) is 28.9 Å². The lowest BCUT2D eigenvalue weighted by atomic mass is 9.86. The van der Waals surface area contributed by atoms with Crippen LogP contribution in [0, 0.1) is 29.6 Å². The summed E-state index contributed by atoms with van der Waals surface area (Å²) in [4.78, 5) is 102. The number of hydroxylamine groups is 2. The van der Waals surface area contributed by atoms with E-state index >= 15 is 0 Å². The Hall–Kier alpha value is -5.96. The Labute approximate surface area is 484 Å². The van der Waals surface area contributed by atoms with Crippen LogP contribution in [0.5, 0.6) is 0 Å². The van der Waals surface area contributed by atoms with Crippen molar-refractivity contribution in [1.29, 1.82) is 0 Å². The number of hydrogen-bond donors (Lipinski definition) is 7. The molecule has 0 aliphatic carbocycles. The van der Waals surface area contributed by atoms with E-state index in [2.05, 4.69) is 60.8 Å². The van der Waals surface area contributed by atoms with Crippen LogP contribution < -0.4 is 27.0 Å². The monoisotopic (exact) mass is 1140 g/mol. The number of carbonyl (C=O) groups is 8. The number of aliphatic hydroxyl groups excluding tert-OH is 2. The first-order valence-corrected chi connectivity index (χ1v) is 28.7. The Morgan fingerprint density at radius 1 is 0.605 bits per heavy atom. The van der Waals surface area contributed by atoms with Crippen LogP contribution in [0.25, 0.3) is 0 Å². The van der Waals surface area contributed by atoms with E-state index in [9.17, 15) is 38.4 Å². The molecule has 81 heavy (non-hydrogen) atoms. The number of alkyl carbamates (subject to hydrolysis) is 2. The Balaban J connectivity index is 0.00000115. The number of ketones is 1. The number of ether oxygens (including phenoxy) is 2. The standard InChI is InChI=1S/C25H40N2O5.C18H29N3O4.C10H15NO4.C8H19N/c1-17(2)18(3)22(29)15-20(9-7-8-14-26-24(31)32-25(4,5)6)23(30)27-21-12-10-19(16-28)11-13-21;1-18(2,3)25-17(24)20-11-5-4-6-15(19)16(23)21-14-9-7-13(12-22)8-10-14;1-6(2)7(3)10(14)15-11-8(12)4-5-9(11)13;1-6-9(7(2)3)8(4)5/h10-13,17-18,20,28H,7-9,14-16H2,1-6H3,(H,26,31)(H,27,30);7-10,15,22H,4-6,11-12,19H2,1-3H3,(H,20,24)(H,21,23);6-7H,4-5H2,1-3H3;7-8H,6H2,1-5H3/t18-,20+;15-;7-;/m000./s1. The van der Waals surface area contributed by atoms with Crippen LogP contribution in [-0.2, 0) is 56.3 Å². The molecule has 0 saturated carbocycles. The van der Waals surface area contributed by atoms with E-state index in [1.165, 1.54) is 0 Å². The molecule has 20 heteroatoms. The molecule has 1 aliphatic rings. The molecular formula is C61H103N7O13. The molecule has 3 rings (SSSR count). The zero-order valence-electron chi connectivity index (χ0n) is 52.0. The van der Waals surface area contributed by atoms with Crippen molar-refractivity contribution in [1.82, 2.24) is 20.6 Å². The molecule has 0 unspecified atom stereocenters. The van der Waals surface area contributed by atoms with E-state index in [4.69, 9.17) is 30.3 Å². The van der Waals surface area contributed by atoms with Crippen LogP contribution in [-0.4, -0.2) is 117 Å². The van der Waals surface area contributed by atoms with Crippen LogP contribution >= 0.6 is 0 Å². The predicted molar refractivity (Wildman–Crippen MR) is 317 cm³/mol. The Morgan fingerprint density at radius 2 is 1.00 bits per heavy atom. The van der Waals surface area contributed by atoms with Crippen LogP contribution in [0.2, 0.25) is 0 Å². The second-order valence-electron chi connectivity index (χ2n) is 23.6. The number of nitrogens with one attached hydrogen (secondary N) is 4. The molecule has 20 nitrogen and oxygen atoms in total. The second kappa shape index (κ2) is 38.7. The minimum Gasteiger partial charge on any atom is -0.444 e. The fourth-order valence-electron chi connectivity index (χ4n) is 7.57. The fourth-order valence-corrected chi connectivity index (χ4v) is 7.57. The summed E-state index contributed by atoms with van der Waals surface area (Å²) in [5.74, 6) is -2.31. The molecule has 0 bridgehead atoms. The lowest BCUT2D eigenvalue weighted by Crippen LogP contribution is -2.36. The van der Waals surface area contributed by atoms with Crippen LogP contribution in [0.3, 0.4) is 0 Å². The summed E-state index contributed by atoms with van der Waals surface area (Å²) in [6, 6.07) is 14.7. The lowest BCUT2D eigenvalue weighted by Gasteiger charge is -2.28. The van der Waals surface area contributed by atoms with Gasteiger partial charge in [0, 0.05) is 67.6 Å². The van der Waals surface area contributed by atoms with Gasteiger partial charge in [0.2, 0.25) is 11.8 Å². The molecule has 2 aromatic rings. The summed E-state index contributed by atoms with van der Waals surface area (Å²) in [5.41, 5.74) is 7.64. The summed E-state index contributed by atoms with van der Waals surface area (Å²) in [7, 11) is 0. The summed E-state index contributed by atoms with van der Waals surface area (Å²) in [6.45, 7) is 35.4. The van der Waals surface area contributed by atoms with Gasteiger partial charge in [0.15, 0.2) is 0 Å². The normalized spacial score (nSPS) is 13.9. The molecule has 8 N–H and O–H groups in total. The summed E-state index contributed by atoms with van der Waals surface area (Å²) in [6.07, 6.45) is 3.43. The molecular weight excluding hydrogens is 1040 g/mol. The van der Waals surface area contributed by atoms with E-state index in [1.54, 1.807) is 55.5 Å². The van der Waals surface area contributed by atoms with E-state index < -0.39 is 53.1 Å². The first-order chi connectivity index (χ1) is 37.7. The summed E-state index contributed by atoms with van der Waals surface area (Å²) in [5, 5.41) is 29.8. The van der Waals surface area contributed by atoms with Crippen molar-refractivity contribution in [3.05, 3.63) is 59.7 Å². The molecule has 460 valence electrons. The number of nitrogens with two attached hydrogens (primary N) is 1. The highest BCUT2D eigenvalue weighted by Crippen LogP contribution is 2.23. The topological polar surface area (TPSA) is 285 Å². The average molecular weight is 1140 g/mol. The highest BCUT2D eigenvalue weighted by atomic mass is 16.7. The highest BCUT2D eigenvalue weighted by molar-refractivity contribution is 6.01. The summed E-state index contributed by atoms with van der Waals surface area (Å²) < 4.78 is 10.3. The number of unbranched alkanes of at least 4 members (excludes halogenated alkanes) is 2. The zero-order chi connectivity index (χ0) is 62.2. The molecule has 0 radical (unpaired) electrons.